The number of aliphatic hydroxyl groups is 1. The number of likely N-dealkylation sites (tertiary alicyclic amines) is 1. The van der Waals surface area contributed by atoms with Crippen LogP contribution in [0.3, 0.4) is 0 Å². The molecule has 2 aliphatic rings. The fraction of sp³-hybridized carbons (Fsp3) is 1.00. The number of nitrogens with zero attached hydrogens (tertiary/aromatic N) is 1. The van der Waals surface area contributed by atoms with Crippen LogP contribution in [-0.2, 0) is 4.74 Å². The predicted molar refractivity (Wildman–Crippen MR) is 64.5 cm³/mol. The third kappa shape index (κ3) is 2.41. The molecule has 3 nitrogen and oxygen atoms in total. The summed E-state index contributed by atoms with van der Waals surface area (Å²) in [4.78, 5) is 2.42. The summed E-state index contributed by atoms with van der Waals surface area (Å²) >= 11 is 0. The lowest BCUT2D eigenvalue weighted by Crippen LogP contribution is -2.51. The van der Waals surface area contributed by atoms with Crippen molar-refractivity contribution in [2.45, 2.75) is 70.3 Å². The average molecular weight is 227 g/mol. The van der Waals surface area contributed by atoms with Gasteiger partial charge in [-0.2, -0.15) is 0 Å². The molecule has 0 radical (unpaired) electrons. The van der Waals surface area contributed by atoms with Crippen molar-refractivity contribution in [1.29, 1.82) is 0 Å². The van der Waals surface area contributed by atoms with E-state index in [1.165, 1.54) is 0 Å². The Morgan fingerprint density at radius 2 is 1.94 bits per heavy atom. The molecule has 2 fully saturated rings. The van der Waals surface area contributed by atoms with Gasteiger partial charge in [0, 0.05) is 12.6 Å². The van der Waals surface area contributed by atoms with Gasteiger partial charge >= 0.3 is 0 Å². The summed E-state index contributed by atoms with van der Waals surface area (Å²) in [7, 11) is 0. The maximum Gasteiger partial charge on any atom is 0.0789 e. The topological polar surface area (TPSA) is 32.7 Å². The molecule has 94 valence electrons. The lowest BCUT2D eigenvalue weighted by Gasteiger charge is -2.39. The van der Waals surface area contributed by atoms with Crippen LogP contribution < -0.4 is 0 Å². The van der Waals surface area contributed by atoms with Crippen LogP contribution in [0.25, 0.3) is 0 Å². The van der Waals surface area contributed by atoms with Crippen LogP contribution in [0.5, 0.6) is 0 Å². The van der Waals surface area contributed by atoms with Crippen LogP contribution >= 0.6 is 0 Å². The molecule has 1 N–H and O–H groups in total. The van der Waals surface area contributed by atoms with Crippen molar-refractivity contribution < 1.29 is 9.84 Å². The first-order valence-corrected chi connectivity index (χ1v) is 6.42. The van der Waals surface area contributed by atoms with Gasteiger partial charge in [0.05, 0.1) is 17.3 Å². The predicted octanol–water partition coefficient (Wildman–Crippen LogP) is 1.79. The van der Waals surface area contributed by atoms with Gasteiger partial charge in [-0.05, 0) is 53.5 Å². The van der Waals surface area contributed by atoms with E-state index in [4.69, 9.17) is 4.74 Å². The second-order valence-corrected chi connectivity index (χ2v) is 6.48. The van der Waals surface area contributed by atoms with E-state index in [-0.39, 0.29) is 17.3 Å². The zero-order valence-corrected chi connectivity index (χ0v) is 11.0. The number of piperidine rings is 1. The second-order valence-electron chi connectivity index (χ2n) is 6.48. The van der Waals surface area contributed by atoms with Crippen molar-refractivity contribution in [2.75, 3.05) is 13.1 Å². The third-order valence-electron chi connectivity index (χ3n) is 3.90. The second kappa shape index (κ2) is 3.97. The van der Waals surface area contributed by atoms with Crippen molar-refractivity contribution in [3.05, 3.63) is 0 Å². The maximum atomic E-state index is 9.76. The Balaban J connectivity index is 2.08. The SMILES string of the molecule is CC1(C)CC(N2CCCC(O)C2)C(C)(C)O1. The van der Waals surface area contributed by atoms with E-state index < -0.39 is 0 Å². The first kappa shape index (κ1) is 12.3. The highest BCUT2D eigenvalue weighted by Crippen LogP contribution is 2.40. The van der Waals surface area contributed by atoms with E-state index in [2.05, 4.69) is 32.6 Å². The molecule has 0 aromatic heterocycles. The molecule has 3 heteroatoms. The number of hydrogen-bond donors (Lipinski definition) is 1. The number of rotatable bonds is 1. The minimum absolute atomic E-state index is 0.0312. The summed E-state index contributed by atoms with van der Waals surface area (Å²) in [6.45, 7) is 10.6. The lowest BCUT2D eigenvalue weighted by molar-refractivity contribution is -0.0858. The van der Waals surface area contributed by atoms with Crippen molar-refractivity contribution in [3.8, 4) is 0 Å². The van der Waals surface area contributed by atoms with Gasteiger partial charge in [0.25, 0.3) is 0 Å². The highest BCUT2D eigenvalue weighted by atomic mass is 16.5. The number of aliphatic hydroxyl groups excluding tert-OH is 1. The summed E-state index contributed by atoms with van der Waals surface area (Å²) in [5, 5.41) is 9.76. The van der Waals surface area contributed by atoms with Gasteiger partial charge in [-0.1, -0.05) is 0 Å². The van der Waals surface area contributed by atoms with E-state index in [0.29, 0.717) is 6.04 Å². The van der Waals surface area contributed by atoms with Crippen molar-refractivity contribution in [2.24, 2.45) is 0 Å². The molecule has 2 aliphatic heterocycles. The molecule has 0 amide bonds. The van der Waals surface area contributed by atoms with Crippen LogP contribution in [-0.4, -0.2) is 46.4 Å². The Kier molecular flexibility index (Phi) is 3.06. The van der Waals surface area contributed by atoms with Gasteiger partial charge in [-0.3, -0.25) is 4.90 Å². The van der Waals surface area contributed by atoms with Gasteiger partial charge < -0.3 is 9.84 Å². The van der Waals surface area contributed by atoms with Gasteiger partial charge in [-0.25, -0.2) is 0 Å². The molecule has 2 heterocycles. The van der Waals surface area contributed by atoms with E-state index >= 15 is 0 Å². The molecule has 16 heavy (non-hydrogen) atoms. The average Bonchev–Trinajstić information content (AvgIpc) is 2.34. The largest absolute Gasteiger partial charge is 0.392 e. The molecule has 0 spiro atoms. The first-order valence-electron chi connectivity index (χ1n) is 6.42. The number of ether oxygens (including phenoxy) is 1. The number of hydrogen-bond acceptors (Lipinski definition) is 3. The third-order valence-corrected chi connectivity index (χ3v) is 3.90. The molecule has 2 saturated heterocycles. The zero-order valence-electron chi connectivity index (χ0n) is 11.0. The standard InChI is InChI=1S/C13H25NO2/c1-12(2)8-11(13(3,4)16-12)14-7-5-6-10(15)9-14/h10-11,15H,5-9H2,1-4H3. The molecular formula is C13H25NO2. The Hall–Kier alpha value is -0.120. The van der Waals surface area contributed by atoms with Crippen LogP contribution in [0.15, 0.2) is 0 Å². The van der Waals surface area contributed by atoms with Crippen LogP contribution in [0, 0.1) is 0 Å². The molecule has 0 bridgehead atoms. The molecular weight excluding hydrogens is 202 g/mol. The van der Waals surface area contributed by atoms with Crippen molar-refractivity contribution in [3.63, 3.8) is 0 Å². The fourth-order valence-electron chi connectivity index (χ4n) is 3.37. The minimum atomic E-state index is -0.145. The summed E-state index contributed by atoms with van der Waals surface area (Å²) in [5.41, 5.74) is -0.128. The molecule has 0 aliphatic carbocycles. The quantitative estimate of drug-likeness (QED) is 0.741. The molecule has 0 aromatic rings. The number of β-amino-alcohol motifs (C(OH)–C–C–N with tert-alkyl or cyclic N) is 1. The summed E-state index contributed by atoms with van der Waals surface area (Å²) < 4.78 is 6.11. The van der Waals surface area contributed by atoms with E-state index in [1.807, 2.05) is 0 Å². The van der Waals surface area contributed by atoms with Gasteiger partial charge in [0.15, 0.2) is 0 Å². The lowest BCUT2D eigenvalue weighted by atomic mass is 9.91. The van der Waals surface area contributed by atoms with Crippen molar-refractivity contribution >= 4 is 0 Å². The normalized spacial score (nSPS) is 38.8. The Labute approximate surface area is 98.8 Å². The fourth-order valence-corrected chi connectivity index (χ4v) is 3.37. The Bertz CT molecular complexity index is 263. The molecule has 0 saturated carbocycles. The van der Waals surface area contributed by atoms with Gasteiger partial charge in [0.2, 0.25) is 0 Å². The van der Waals surface area contributed by atoms with E-state index in [9.17, 15) is 5.11 Å². The van der Waals surface area contributed by atoms with E-state index in [0.717, 1.165) is 32.4 Å². The highest BCUT2D eigenvalue weighted by molar-refractivity contribution is 5.00. The minimum Gasteiger partial charge on any atom is -0.392 e. The molecule has 2 atom stereocenters. The van der Waals surface area contributed by atoms with Gasteiger partial charge in [0.1, 0.15) is 0 Å². The Morgan fingerprint density at radius 1 is 1.25 bits per heavy atom. The molecule has 2 rings (SSSR count). The Morgan fingerprint density at radius 3 is 2.44 bits per heavy atom. The summed E-state index contributed by atoms with van der Waals surface area (Å²) in [6, 6.07) is 0.442. The highest BCUT2D eigenvalue weighted by Gasteiger charge is 2.48. The van der Waals surface area contributed by atoms with E-state index in [1.54, 1.807) is 0 Å². The smallest absolute Gasteiger partial charge is 0.0789 e. The monoisotopic (exact) mass is 227 g/mol. The summed E-state index contributed by atoms with van der Waals surface area (Å²) in [5.74, 6) is 0. The van der Waals surface area contributed by atoms with Crippen LogP contribution in [0.2, 0.25) is 0 Å². The van der Waals surface area contributed by atoms with Crippen LogP contribution in [0.4, 0.5) is 0 Å². The maximum absolute atomic E-state index is 9.76. The molecule has 0 aromatic carbocycles. The molecule has 2 unspecified atom stereocenters. The van der Waals surface area contributed by atoms with Crippen LogP contribution in [0.1, 0.15) is 47.0 Å². The summed E-state index contributed by atoms with van der Waals surface area (Å²) in [6.07, 6.45) is 2.97. The first-order chi connectivity index (χ1) is 7.30. The van der Waals surface area contributed by atoms with Gasteiger partial charge in [-0.15, -0.1) is 0 Å². The zero-order chi connectivity index (χ0) is 12.0. The van der Waals surface area contributed by atoms with Crippen molar-refractivity contribution in [1.82, 2.24) is 4.90 Å².